The van der Waals surface area contributed by atoms with Gasteiger partial charge in [0.05, 0.1) is 40.4 Å². The highest BCUT2D eigenvalue weighted by Gasteiger charge is 2.24. The second kappa shape index (κ2) is 14.1. The molecule has 5 rings (SSSR count). The Morgan fingerprint density at radius 3 is 1.75 bits per heavy atom. The number of benzene rings is 5. The summed E-state index contributed by atoms with van der Waals surface area (Å²) in [5.41, 5.74) is 7.19. The van der Waals surface area contributed by atoms with Crippen LogP contribution in [0.1, 0.15) is 11.1 Å². The van der Waals surface area contributed by atoms with Gasteiger partial charge in [-0.1, -0.05) is 6.07 Å². The molecule has 0 saturated carbocycles. The van der Waals surface area contributed by atoms with Crippen molar-refractivity contribution in [2.24, 2.45) is 30.7 Å². The Morgan fingerprint density at radius 1 is 0.615 bits per heavy atom. The highest BCUT2D eigenvalue weighted by molar-refractivity contribution is 7.86. The molecule has 0 unspecified atom stereocenters. The predicted octanol–water partition coefficient (Wildman–Crippen LogP) is 7.74. The first-order valence-corrected chi connectivity index (χ1v) is 18.7. The number of anilines is 1. The van der Waals surface area contributed by atoms with E-state index in [1.165, 1.54) is 31.4 Å². The van der Waals surface area contributed by atoms with Crippen molar-refractivity contribution in [3.05, 3.63) is 83.9 Å². The van der Waals surface area contributed by atoms with Crippen molar-refractivity contribution in [3.63, 3.8) is 0 Å². The maximum absolute atomic E-state index is 12.2. The number of nitrogen functional groups attached to an aromatic ring is 1. The second-order valence-electron chi connectivity index (χ2n) is 11.0. The fourth-order valence-electron chi connectivity index (χ4n) is 4.75. The van der Waals surface area contributed by atoms with Crippen LogP contribution in [0.2, 0.25) is 0 Å². The van der Waals surface area contributed by atoms with Crippen molar-refractivity contribution in [1.29, 1.82) is 0 Å². The molecule has 0 saturated heterocycles. The standard InChI is InChI=1S/C31H27N7O11S3/c1-16-10-26(37-38-30-29(52(46,47)48)12-18-11-28(51(43,44)45)23(32)15-22(18)31(30)39)17(2)9-25(16)36-35-24-8-7-20(14-27(24)49-3)34-33-19-5-4-6-21(13-19)50(40,41)42/h4-15,39H,32H2,1-3H3,(H,40,41,42)(H,43,44,45)(H,46,47,48). The smallest absolute Gasteiger partial charge is 0.296 e. The Bertz CT molecular complexity index is 2700. The van der Waals surface area contributed by atoms with E-state index in [2.05, 4.69) is 30.7 Å². The van der Waals surface area contributed by atoms with Crippen LogP contribution in [0.3, 0.4) is 0 Å². The van der Waals surface area contributed by atoms with Crippen molar-refractivity contribution in [3.8, 4) is 11.5 Å². The average molecular weight is 770 g/mol. The van der Waals surface area contributed by atoms with Gasteiger partial charge in [0.2, 0.25) is 0 Å². The van der Waals surface area contributed by atoms with Crippen LogP contribution >= 0.6 is 0 Å². The van der Waals surface area contributed by atoms with Crippen LogP contribution in [0.4, 0.5) is 39.8 Å². The molecule has 0 amide bonds. The minimum absolute atomic E-state index is 0.133. The predicted molar refractivity (Wildman–Crippen MR) is 187 cm³/mol. The topological polar surface area (TPSA) is 293 Å². The fraction of sp³-hybridized carbons (Fsp3) is 0.0968. The van der Waals surface area contributed by atoms with Crippen molar-refractivity contribution in [2.75, 3.05) is 12.8 Å². The van der Waals surface area contributed by atoms with Crippen LogP contribution in [-0.2, 0) is 30.4 Å². The summed E-state index contributed by atoms with van der Waals surface area (Å²) in [4.78, 5) is -1.96. The van der Waals surface area contributed by atoms with E-state index in [1.807, 2.05) is 0 Å². The maximum atomic E-state index is 12.2. The SMILES string of the molecule is COc1cc(N=Nc2cccc(S(=O)(=O)O)c2)ccc1N=Nc1cc(C)c(N=Nc2c(S(=O)(=O)O)cc3cc(S(=O)(=O)O)c(N)cc3c2O)cc1C. The number of hydrogen-bond donors (Lipinski definition) is 5. The second-order valence-corrected chi connectivity index (χ2v) is 15.2. The fourth-order valence-corrected chi connectivity index (χ4v) is 6.56. The highest BCUT2D eigenvalue weighted by Crippen LogP contribution is 2.44. The number of ether oxygens (including phenoxy) is 1. The van der Waals surface area contributed by atoms with Crippen molar-refractivity contribution in [2.45, 2.75) is 28.5 Å². The lowest BCUT2D eigenvalue weighted by atomic mass is 10.1. The number of hydrogen-bond acceptors (Lipinski definition) is 15. The van der Waals surface area contributed by atoms with E-state index in [4.69, 9.17) is 10.5 Å². The van der Waals surface area contributed by atoms with E-state index >= 15 is 0 Å². The average Bonchev–Trinajstić information content (AvgIpc) is 3.06. The number of phenols is 1. The summed E-state index contributed by atoms with van der Waals surface area (Å²) in [5.74, 6) is -0.498. The highest BCUT2D eigenvalue weighted by atomic mass is 32.2. The van der Waals surface area contributed by atoms with Gasteiger partial charge in [0.15, 0.2) is 5.75 Å². The Balaban J connectivity index is 1.43. The number of fused-ring (bicyclic) bond motifs is 1. The number of phenolic OH excluding ortho intramolecular Hbond substituents is 1. The van der Waals surface area contributed by atoms with Crippen LogP contribution in [0, 0.1) is 13.8 Å². The minimum Gasteiger partial charge on any atom is -0.505 e. The zero-order chi connectivity index (χ0) is 38.2. The molecule has 18 nitrogen and oxygen atoms in total. The van der Waals surface area contributed by atoms with Crippen LogP contribution in [-0.4, -0.2) is 51.1 Å². The molecule has 0 aliphatic heterocycles. The summed E-state index contributed by atoms with van der Waals surface area (Å²) in [7, 11) is -12.8. The van der Waals surface area contributed by atoms with Gasteiger partial charge in [0, 0.05) is 11.5 Å². The van der Waals surface area contributed by atoms with E-state index in [1.54, 1.807) is 38.1 Å². The van der Waals surface area contributed by atoms with Crippen LogP contribution < -0.4 is 10.5 Å². The van der Waals surface area contributed by atoms with Gasteiger partial charge in [-0.05, 0) is 91.0 Å². The lowest BCUT2D eigenvalue weighted by Crippen LogP contribution is -2.04. The zero-order valence-corrected chi connectivity index (χ0v) is 29.5. The lowest BCUT2D eigenvalue weighted by Gasteiger charge is -2.11. The molecule has 0 fully saturated rings. The van der Waals surface area contributed by atoms with Crippen LogP contribution in [0.15, 0.2) is 118 Å². The first-order chi connectivity index (χ1) is 24.3. The number of azo groups is 3. The molecule has 270 valence electrons. The molecule has 0 bridgehead atoms. The molecule has 21 heteroatoms. The van der Waals surface area contributed by atoms with Gasteiger partial charge >= 0.3 is 0 Å². The number of aromatic hydroxyl groups is 1. The Hall–Kier alpha value is -5.71. The van der Waals surface area contributed by atoms with Gasteiger partial charge in [0.1, 0.15) is 26.9 Å². The van der Waals surface area contributed by atoms with Crippen molar-refractivity contribution >= 4 is 80.9 Å². The maximum Gasteiger partial charge on any atom is 0.296 e. The molecular weight excluding hydrogens is 743 g/mol. The number of methoxy groups -OCH3 is 1. The van der Waals surface area contributed by atoms with Gasteiger partial charge in [0.25, 0.3) is 30.4 Å². The van der Waals surface area contributed by atoms with E-state index in [9.17, 15) is 44.0 Å². The third-order valence-corrected chi connectivity index (χ3v) is 9.96. The number of nitrogens with zero attached hydrogens (tertiary/aromatic N) is 6. The molecule has 0 heterocycles. The first kappa shape index (κ1) is 37.5. The van der Waals surface area contributed by atoms with Gasteiger partial charge < -0.3 is 15.6 Å². The third-order valence-electron chi connectivity index (χ3n) is 7.33. The normalized spacial score (nSPS) is 12.8. The molecular formula is C31H27N7O11S3. The Morgan fingerprint density at radius 2 is 1.17 bits per heavy atom. The molecule has 0 atom stereocenters. The van der Waals surface area contributed by atoms with Crippen molar-refractivity contribution in [1.82, 2.24) is 0 Å². The lowest BCUT2D eigenvalue weighted by molar-refractivity contribution is 0.416. The molecule has 52 heavy (non-hydrogen) atoms. The molecule has 0 aliphatic carbocycles. The number of rotatable bonds is 10. The monoisotopic (exact) mass is 769 g/mol. The summed E-state index contributed by atoms with van der Waals surface area (Å²) in [6, 6.07) is 15.8. The summed E-state index contributed by atoms with van der Waals surface area (Å²) >= 11 is 0. The zero-order valence-electron chi connectivity index (χ0n) is 27.1. The van der Waals surface area contributed by atoms with Crippen LogP contribution in [0.25, 0.3) is 10.8 Å². The number of aryl methyl sites for hydroxylation is 2. The summed E-state index contributed by atoms with van der Waals surface area (Å²) in [5, 5.41) is 35.2. The summed E-state index contributed by atoms with van der Waals surface area (Å²) in [6.07, 6.45) is 0. The molecule has 0 radical (unpaired) electrons. The summed E-state index contributed by atoms with van der Waals surface area (Å²) < 4.78 is 105. The van der Waals surface area contributed by atoms with Gasteiger partial charge in [-0.25, -0.2) is 0 Å². The molecule has 0 aliphatic rings. The Labute approximate surface area is 296 Å². The minimum atomic E-state index is -5.03. The van der Waals surface area contributed by atoms with E-state index < -0.39 is 57.3 Å². The van der Waals surface area contributed by atoms with Gasteiger partial charge in [-0.3, -0.25) is 13.7 Å². The van der Waals surface area contributed by atoms with Crippen molar-refractivity contribution < 1.29 is 48.8 Å². The molecule has 0 aromatic heterocycles. The quantitative estimate of drug-likeness (QED) is 0.0517. The Kier molecular flexibility index (Phi) is 10.2. The number of nitrogens with two attached hydrogens (primary N) is 1. The van der Waals surface area contributed by atoms with Gasteiger partial charge in [-0.2, -0.15) is 45.7 Å². The summed E-state index contributed by atoms with van der Waals surface area (Å²) in [6.45, 7) is 3.34. The van der Waals surface area contributed by atoms with Crippen LogP contribution in [0.5, 0.6) is 11.5 Å². The largest absolute Gasteiger partial charge is 0.505 e. The molecule has 5 aromatic carbocycles. The molecule has 0 spiro atoms. The van der Waals surface area contributed by atoms with E-state index in [0.717, 1.165) is 24.3 Å². The molecule has 6 N–H and O–H groups in total. The molecule has 5 aromatic rings. The first-order valence-electron chi connectivity index (χ1n) is 14.4. The van der Waals surface area contributed by atoms with E-state index in [-0.39, 0.29) is 32.8 Å². The van der Waals surface area contributed by atoms with Gasteiger partial charge in [-0.15, -0.1) is 10.2 Å². The van der Waals surface area contributed by atoms with E-state index in [0.29, 0.717) is 28.2 Å². The third kappa shape index (κ3) is 8.25.